The van der Waals surface area contributed by atoms with Crippen LogP contribution in [-0.2, 0) is 0 Å². The zero-order valence-electron chi connectivity index (χ0n) is 12.7. The van der Waals surface area contributed by atoms with Crippen LogP contribution in [0.15, 0.2) is 23.3 Å². The molecule has 1 aromatic carbocycles. The molecule has 0 atom stereocenters. The number of carbonyl (C=O) groups excluding carboxylic acids is 1. The Bertz CT molecular complexity index is 615. The van der Waals surface area contributed by atoms with Crippen LogP contribution >= 0.6 is 0 Å². The van der Waals surface area contributed by atoms with Crippen molar-refractivity contribution in [1.29, 1.82) is 0 Å². The van der Waals surface area contributed by atoms with Crippen molar-refractivity contribution in [3.63, 3.8) is 0 Å². The fourth-order valence-corrected chi connectivity index (χ4v) is 1.87. The van der Waals surface area contributed by atoms with Gasteiger partial charge in [-0.15, -0.1) is 0 Å². The minimum atomic E-state index is -0.837. The highest BCUT2D eigenvalue weighted by atomic mass is 16.6. The Hall–Kier alpha value is -2.84. The largest absolute Gasteiger partial charge is 0.289 e. The first-order chi connectivity index (χ1) is 11.0. The van der Waals surface area contributed by atoms with Crippen LogP contribution in [0.5, 0.6) is 0 Å². The zero-order chi connectivity index (χ0) is 17.2. The van der Waals surface area contributed by atoms with Gasteiger partial charge in [-0.2, -0.15) is 5.10 Å². The Morgan fingerprint density at radius 1 is 1.22 bits per heavy atom. The SMILES string of the molecule is CCCCCC/C=N\NC(=O)c1ccc([N+](=O)[O-])cc1[N+](=O)[O-]. The number of nitrogens with one attached hydrogen (secondary N) is 1. The summed E-state index contributed by atoms with van der Waals surface area (Å²) >= 11 is 0. The molecule has 23 heavy (non-hydrogen) atoms. The molecule has 9 nitrogen and oxygen atoms in total. The van der Waals surface area contributed by atoms with Gasteiger partial charge in [0, 0.05) is 12.3 Å². The molecule has 1 N–H and O–H groups in total. The molecule has 0 radical (unpaired) electrons. The van der Waals surface area contributed by atoms with E-state index in [2.05, 4.69) is 17.5 Å². The maximum atomic E-state index is 11.9. The van der Waals surface area contributed by atoms with Crippen molar-refractivity contribution in [3.8, 4) is 0 Å². The quantitative estimate of drug-likeness (QED) is 0.323. The average molecular weight is 322 g/mol. The summed E-state index contributed by atoms with van der Waals surface area (Å²) < 4.78 is 0. The van der Waals surface area contributed by atoms with E-state index in [-0.39, 0.29) is 5.56 Å². The summed E-state index contributed by atoms with van der Waals surface area (Å²) in [6.45, 7) is 2.10. The van der Waals surface area contributed by atoms with Crippen molar-refractivity contribution in [2.75, 3.05) is 0 Å². The van der Waals surface area contributed by atoms with Crippen molar-refractivity contribution >= 4 is 23.5 Å². The average Bonchev–Trinajstić information content (AvgIpc) is 2.53. The maximum Gasteiger partial charge on any atom is 0.289 e. The molecular weight excluding hydrogens is 304 g/mol. The third-order valence-corrected chi connectivity index (χ3v) is 3.08. The number of nitro groups is 2. The molecule has 0 unspecified atom stereocenters. The number of nitro benzene ring substituents is 2. The topological polar surface area (TPSA) is 128 Å². The molecular formula is C14H18N4O5. The minimum absolute atomic E-state index is 0.274. The number of rotatable bonds is 9. The Morgan fingerprint density at radius 3 is 2.57 bits per heavy atom. The van der Waals surface area contributed by atoms with E-state index in [1.54, 1.807) is 0 Å². The molecule has 124 valence electrons. The smallest absolute Gasteiger partial charge is 0.267 e. The Morgan fingerprint density at radius 2 is 1.96 bits per heavy atom. The second-order valence-electron chi connectivity index (χ2n) is 4.82. The summed E-state index contributed by atoms with van der Waals surface area (Å²) in [5, 5.41) is 25.3. The first kappa shape index (κ1) is 18.2. The maximum absolute atomic E-state index is 11.9. The van der Waals surface area contributed by atoms with E-state index in [1.807, 2.05) is 0 Å². The van der Waals surface area contributed by atoms with Crippen molar-refractivity contribution in [2.24, 2.45) is 5.10 Å². The number of amides is 1. The highest BCUT2D eigenvalue weighted by Crippen LogP contribution is 2.24. The highest BCUT2D eigenvalue weighted by Gasteiger charge is 2.23. The number of hydrogen-bond acceptors (Lipinski definition) is 6. The normalized spacial score (nSPS) is 10.7. The van der Waals surface area contributed by atoms with Crippen LogP contribution in [0, 0.1) is 20.2 Å². The van der Waals surface area contributed by atoms with Gasteiger partial charge in [-0.05, 0) is 18.9 Å². The molecule has 9 heteroatoms. The Labute approximate surface area is 132 Å². The summed E-state index contributed by atoms with van der Waals surface area (Å²) in [5.41, 5.74) is 0.835. The lowest BCUT2D eigenvalue weighted by Crippen LogP contribution is -2.19. The summed E-state index contributed by atoms with van der Waals surface area (Å²) in [6.07, 6.45) is 6.51. The first-order valence-corrected chi connectivity index (χ1v) is 7.22. The van der Waals surface area contributed by atoms with Gasteiger partial charge >= 0.3 is 0 Å². The molecule has 0 fully saturated rings. The summed E-state index contributed by atoms with van der Waals surface area (Å²) in [5.74, 6) is -0.781. The predicted molar refractivity (Wildman–Crippen MR) is 84.5 cm³/mol. The van der Waals surface area contributed by atoms with Gasteiger partial charge in [0.1, 0.15) is 5.56 Å². The van der Waals surface area contributed by atoms with Crippen LogP contribution in [0.25, 0.3) is 0 Å². The van der Waals surface area contributed by atoms with Crippen LogP contribution in [0.4, 0.5) is 11.4 Å². The fourth-order valence-electron chi connectivity index (χ4n) is 1.87. The third kappa shape index (κ3) is 5.81. The lowest BCUT2D eigenvalue weighted by Gasteiger charge is -2.01. The molecule has 0 spiro atoms. The molecule has 1 rings (SSSR count). The van der Waals surface area contributed by atoms with E-state index >= 15 is 0 Å². The lowest BCUT2D eigenvalue weighted by molar-refractivity contribution is -0.394. The molecule has 0 saturated heterocycles. The first-order valence-electron chi connectivity index (χ1n) is 7.22. The van der Waals surface area contributed by atoms with E-state index in [4.69, 9.17) is 0 Å². The van der Waals surface area contributed by atoms with Gasteiger partial charge in [0.25, 0.3) is 17.3 Å². The monoisotopic (exact) mass is 322 g/mol. The van der Waals surface area contributed by atoms with E-state index in [9.17, 15) is 25.0 Å². The van der Waals surface area contributed by atoms with Crippen molar-refractivity contribution < 1.29 is 14.6 Å². The van der Waals surface area contributed by atoms with Crippen LogP contribution in [-0.4, -0.2) is 22.0 Å². The van der Waals surface area contributed by atoms with Crippen molar-refractivity contribution in [2.45, 2.75) is 39.0 Å². The number of hydrogen-bond donors (Lipinski definition) is 1. The van der Waals surface area contributed by atoms with Gasteiger partial charge in [0.15, 0.2) is 0 Å². The molecule has 0 bridgehead atoms. The molecule has 0 aromatic heterocycles. The fraction of sp³-hybridized carbons (Fsp3) is 0.429. The van der Waals surface area contributed by atoms with Crippen LogP contribution < -0.4 is 5.43 Å². The Kier molecular flexibility index (Phi) is 7.31. The van der Waals surface area contributed by atoms with Crippen molar-refractivity contribution in [1.82, 2.24) is 5.43 Å². The molecule has 0 aliphatic carbocycles. The molecule has 0 heterocycles. The second-order valence-corrected chi connectivity index (χ2v) is 4.82. The van der Waals surface area contributed by atoms with Crippen LogP contribution in [0.3, 0.4) is 0 Å². The Balaban J connectivity index is 2.70. The molecule has 1 aromatic rings. The number of non-ortho nitro benzene ring substituents is 1. The number of carbonyl (C=O) groups is 1. The second kappa shape index (κ2) is 9.23. The number of nitrogens with zero attached hydrogens (tertiary/aromatic N) is 3. The van der Waals surface area contributed by atoms with Gasteiger partial charge in [-0.3, -0.25) is 25.0 Å². The van der Waals surface area contributed by atoms with Crippen LogP contribution in [0.1, 0.15) is 49.4 Å². The van der Waals surface area contributed by atoms with E-state index in [0.717, 1.165) is 43.9 Å². The van der Waals surface area contributed by atoms with E-state index < -0.39 is 27.1 Å². The molecule has 0 saturated carbocycles. The zero-order valence-corrected chi connectivity index (χ0v) is 12.7. The predicted octanol–water partition coefficient (Wildman–Crippen LogP) is 3.19. The number of hydrazone groups is 1. The van der Waals surface area contributed by atoms with Gasteiger partial charge in [0.2, 0.25) is 0 Å². The lowest BCUT2D eigenvalue weighted by atomic mass is 10.1. The van der Waals surface area contributed by atoms with Gasteiger partial charge in [0.05, 0.1) is 15.9 Å². The van der Waals surface area contributed by atoms with Gasteiger partial charge in [-0.25, -0.2) is 5.43 Å². The molecule has 0 aliphatic rings. The number of benzene rings is 1. The van der Waals surface area contributed by atoms with E-state index in [0.29, 0.717) is 6.42 Å². The van der Waals surface area contributed by atoms with E-state index in [1.165, 1.54) is 6.21 Å². The summed E-state index contributed by atoms with van der Waals surface area (Å²) in [4.78, 5) is 31.9. The number of unbranched alkanes of at least 4 members (excludes halogenated alkanes) is 4. The molecule has 1 amide bonds. The third-order valence-electron chi connectivity index (χ3n) is 3.08. The van der Waals surface area contributed by atoms with Crippen molar-refractivity contribution in [3.05, 3.63) is 44.0 Å². The summed E-state index contributed by atoms with van der Waals surface area (Å²) in [6, 6.07) is 2.84. The standard InChI is InChI=1S/C14H18N4O5/c1-2-3-4-5-6-9-15-16-14(19)12-8-7-11(17(20)21)10-13(12)18(22)23/h7-10H,2-6H2,1H3,(H,16,19)/b15-9-. The summed E-state index contributed by atoms with van der Waals surface area (Å²) in [7, 11) is 0. The highest BCUT2D eigenvalue weighted by molar-refractivity contribution is 5.98. The minimum Gasteiger partial charge on any atom is -0.267 e. The van der Waals surface area contributed by atoms with Gasteiger partial charge in [-0.1, -0.05) is 26.2 Å². The van der Waals surface area contributed by atoms with Crippen LogP contribution in [0.2, 0.25) is 0 Å². The molecule has 0 aliphatic heterocycles. The van der Waals surface area contributed by atoms with Gasteiger partial charge < -0.3 is 0 Å².